The average molecular weight is 368 g/mol. The highest BCUT2D eigenvalue weighted by atomic mass is 16.2. The van der Waals surface area contributed by atoms with Crippen LogP contribution in [0.25, 0.3) is 0 Å². The SMILES string of the molecule is CC(C)CCN1C(=O)c2ccc(C(=O)NCCCn3ccnc3)cc2C1=O. The molecule has 0 saturated heterocycles. The van der Waals surface area contributed by atoms with Crippen molar-refractivity contribution in [1.82, 2.24) is 19.8 Å². The molecule has 142 valence electrons. The van der Waals surface area contributed by atoms with Gasteiger partial charge < -0.3 is 9.88 Å². The Labute approximate surface area is 158 Å². The minimum absolute atomic E-state index is 0.246. The van der Waals surface area contributed by atoms with E-state index in [2.05, 4.69) is 10.3 Å². The fraction of sp³-hybridized carbons (Fsp3) is 0.400. The molecule has 0 spiro atoms. The van der Waals surface area contributed by atoms with Crippen LogP contribution < -0.4 is 5.32 Å². The highest BCUT2D eigenvalue weighted by Gasteiger charge is 2.35. The topological polar surface area (TPSA) is 84.3 Å². The van der Waals surface area contributed by atoms with Gasteiger partial charge in [0.25, 0.3) is 17.7 Å². The highest BCUT2D eigenvalue weighted by Crippen LogP contribution is 2.24. The Morgan fingerprint density at radius 1 is 1.15 bits per heavy atom. The molecule has 2 heterocycles. The van der Waals surface area contributed by atoms with E-state index in [0.717, 1.165) is 19.4 Å². The molecule has 0 radical (unpaired) electrons. The summed E-state index contributed by atoms with van der Waals surface area (Å²) in [7, 11) is 0. The number of aryl methyl sites for hydroxylation is 1. The van der Waals surface area contributed by atoms with Crippen molar-refractivity contribution >= 4 is 17.7 Å². The van der Waals surface area contributed by atoms with Crippen LogP contribution in [-0.4, -0.2) is 45.3 Å². The van der Waals surface area contributed by atoms with E-state index in [1.54, 1.807) is 24.7 Å². The van der Waals surface area contributed by atoms with Crippen LogP contribution in [0, 0.1) is 5.92 Å². The van der Waals surface area contributed by atoms with Gasteiger partial charge in [-0.05, 0) is 37.0 Å². The molecule has 7 heteroatoms. The van der Waals surface area contributed by atoms with Crippen molar-refractivity contribution < 1.29 is 14.4 Å². The van der Waals surface area contributed by atoms with Gasteiger partial charge in [0.05, 0.1) is 17.5 Å². The third kappa shape index (κ3) is 4.24. The van der Waals surface area contributed by atoms with Crippen molar-refractivity contribution in [3.05, 3.63) is 53.6 Å². The predicted octanol–water partition coefficient (Wildman–Crippen LogP) is 2.35. The van der Waals surface area contributed by atoms with E-state index in [4.69, 9.17) is 0 Å². The van der Waals surface area contributed by atoms with Gasteiger partial charge in [-0.15, -0.1) is 0 Å². The zero-order valence-corrected chi connectivity index (χ0v) is 15.6. The van der Waals surface area contributed by atoms with Gasteiger partial charge in [-0.25, -0.2) is 4.98 Å². The number of aromatic nitrogens is 2. The van der Waals surface area contributed by atoms with Crippen LogP contribution in [0.3, 0.4) is 0 Å². The third-order valence-electron chi connectivity index (χ3n) is 4.60. The molecule has 0 saturated carbocycles. The first-order chi connectivity index (χ1) is 13.0. The van der Waals surface area contributed by atoms with E-state index >= 15 is 0 Å². The Bertz CT molecular complexity index is 843. The molecule has 0 atom stereocenters. The maximum absolute atomic E-state index is 12.6. The number of hydrogen-bond acceptors (Lipinski definition) is 4. The molecule has 3 rings (SSSR count). The van der Waals surface area contributed by atoms with E-state index in [1.807, 2.05) is 24.6 Å². The molecule has 1 N–H and O–H groups in total. The van der Waals surface area contributed by atoms with E-state index in [9.17, 15) is 14.4 Å². The van der Waals surface area contributed by atoms with Crippen molar-refractivity contribution in [3.8, 4) is 0 Å². The van der Waals surface area contributed by atoms with Gasteiger partial charge in [-0.2, -0.15) is 0 Å². The van der Waals surface area contributed by atoms with Crippen LogP contribution >= 0.6 is 0 Å². The van der Waals surface area contributed by atoms with E-state index < -0.39 is 0 Å². The molecule has 1 aliphatic rings. The van der Waals surface area contributed by atoms with Crippen molar-refractivity contribution in [2.45, 2.75) is 33.2 Å². The number of carbonyl (C=O) groups excluding carboxylic acids is 3. The molecule has 0 unspecified atom stereocenters. The normalized spacial score (nSPS) is 13.4. The molecule has 2 aromatic rings. The van der Waals surface area contributed by atoms with Crippen LogP contribution in [-0.2, 0) is 6.54 Å². The van der Waals surface area contributed by atoms with Gasteiger partial charge in [0.1, 0.15) is 0 Å². The summed E-state index contributed by atoms with van der Waals surface area (Å²) >= 11 is 0. The number of rotatable bonds is 8. The Morgan fingerprint density at radius 2 is 1.93 bits per heavy atom. The lowest BCUT2D eigenvalue weighted by molar-refractivity contribution is 0.0647. The summed E-state index contributed by atoms with van der Waals surface area (Å²) in [5.41, 5.74) is 1.08. The molecule has 27 heavy (non-hydrogen) atoms. The Hall–Kier alpha value is -2.96. The number of carbonyl (C=O) groups is 3. The molecule has 7 nitrogen and oxygen atoms in total. The van der Waals surface area contributed by atoms with Gasteiger partial charge in [0.15, 0.2) is 0 Å². The van der Waals surface area contributed by atoms with Gasteiger partial charge >= 0.3 is 0 Å². The maximum Gasteiger partial charge on any atom is 0.261 e. The molecule has 0 fully saturated rings. The smallest absolute Gasteiger partial charge is 0.261 e. The van der Waals surface area contributed by atoms with Crippen LogP contribution in [0.5, 0.6) is 0 Å². The largest absolute Gasteiger partial charge is 0.352 e. The zero-order valence-electron chi connectivity index (χ0n) is 15.6. The first kappa shape index (κ1) is 18.8. The van der Waals surface area contributed by atoms with Crippen LogP contribution in [0.2, 0.25) is 0 Å². The second kappa shape index (κ2) is 8.16. The minimum Gasteiger partial charge on any atom is -0.352 e. The minimum atomic E-state index is -0.314. The first-order valence-electron chi connectivity index (χ1n) is 9.21. The molecule has 0 aliphatic carbocycles. The lowest BCUT2D eigenvalue weighted by Crippen LogP contribution is -2.31. The standard InChI is InChI=1S/C20H24N4O3/c1-14(2)6-10-24-19(26)16-5-4-15(12-17(16)20(24)27)18(25)22-7-3-9-23-11-8-21-13-23/h4-5,8,11-14H,3,6-7,9-10H2,1-2H3,(H,22,25). The van der Waals surface area contributed by atoms with Gasteiger partial charge in [0.2, 0.25) is 0 Å². The summed E-state index contributed by atoms with van der Waals surface area (Å²) in [5.74, 6) is -0.435. The third-order valence-corrected chi connectivity index (χ3v) is 4.60. The lowest BCUT2D eigenvalue weighted by Gasteiger charge is -2.14. The number of amides is 3. The monoisotopic (exact) mass is 368 g/mol. The van der Waals surface area contributed by atoms with E-state index in [0.29, 0.717) is 35.7 Å². The average Bonchev–Trinajstić information content (AvgIpc) is 3.24. The number of hydrogen-bond donors (Lipinski definition) is 1. The molecule has 3 amide bonds. The Balaban J connectivity index is 1.60. The zero-order chi connectivity index (χ0) is 19.4. The Kier molecular flexibility index (Phi) is 5.69. The van der Waals surface area contributed by atoms with Gasteiger partial charge in [-0.1, -0.05) is 13.8 Å². The summed E-state index contributed by atoms with van der Waals surface area (Å²) in [5, 5.41) is 2.85. The number of nitrogens with one attached hydrogen (secondary N) is 1. The number of imidazole rings is 1. The van der Waals surface area contributed by atoms with Gasteiger partial charge in [0, 0.05) is 37.6 Å². The van der Waals surface area contributed by atoms with E-state index in [-0.39, 0.29) is 17.7 Å². The molecular weight excluding hydrogens is 344 g/mol. The Morgan fingerprint density at radius 3 is 2.63 bits per heavy atom. The molecule has 1 aliphatic heterocycles. The number of benzene rings is 1. The molecule has 1 aromatic carbocycles. The quantitative estimate of drug-likeness (QED) is 0.573. The van der Waals surface area contributed by atoms with Crippen LogP contribution in [0.4, 0.5) is 0 Å². The van der Waals surface area contributed by atoms with Crippen molar-refractivity contribution in [3.63, 3.8) is 0 Å². The number of imide groups is 1. The highest BCUT2D eigenvalue weighted by molar-refractivity contribution is 6.22. The van der Waals surface area contributed by atoms with Crippen LogP contribution in [0.1, 0.15) is 57.8 Å². The van der Waals surface area contributed by atoms with Crippen molar-refractivity contribution in [2.75, 3.05) is 13.1 Å². The molecule has 0 bridgehead atoms. The van der Waals surface area contributed by atoms with E-state index in [1.165, 1.54) is 11.0 Å². The second-order valence-electron chi connectivity index (χ2n) is 7.11. The second-order valence-corrected chi connectivity index (χ2v) is 7.11. The van der Waals surface area contributed by atoms with Crippen LogP contribution in [0.15, 0.2) is 36.9 Å². The molecule has 1 aromatic heterocycles. The summed E-state index contributed by atoms with van der Waals surface area (Å²) in [6.07, 6.45) is 6.85. The maximum atomic E-state index is 12.6. The lowest BCUT2D eigenvalue weighted by atomic mass is 10.1. The number of nitrogens with zero attached hydrogens (tertiary/aromatic N) is 3. The van der Waals surface area contributed by atoms with Gasteiger partial charge in [-0.3, -0.25) is 19.3 Å². The fourth-order valence-corrected chi connectivity index (χ4v) is 3.01. The summed E-state index contributed by atoms with van der Waals surface area (Å²) in [6.45, 7) is 5.78. The number of fused-ring (bicyclic) bond motifs is 1. The summed E-state index contributed by atoms with van der Waals surface area (Å²) < 4.78 is 1.94. The summed E-state index contributed by atoms with van der Waals surface area (Å²) in [4.78, 5) is 42.6. The fourth-order valence-electron chi connectivity index (χ4n) is 3.01. The van der Waals surface area contributed by atoms with Crippen molar-refractivity contribution in [1.29, 1.82) is 0 Å². The summed E-state index contributed by atoms with van der Waals surface area (Å²) in [6, 6.07) is 4.70. The molecular formula is C20H24N4O3. The predicted molar refractivity (Wildman–Crippen MR) is 100 cm³/mol. The van der Waals surface area contributed by atoms with Crippen molar-refractivity contribution in [2.24, 2.45) is 5.92 Å². The first-order valence-corrected chi connectivity index (χ1v) is 9.21.